The number of ether oxygens (including phenoxy) is 1. The normalized spacial score (nSPS) is 24.1. The molecule has 0 unspecified atom stereocenters. The van der Waals surface area contributed by atoms with Crippen LogP contribution in [0.5, 0.6) is 5.75 Å². The first-order valence-electron chi connectivity index (χ1n) is 10.7. The predicted octanol–water partition coefficient (Wildman–Crippen LogP) is 3.96. The third-order valence-corrected chi connectivity index (χ3v) is 6.62. The van der Waals surface area contributed by atoms with Crippen molar-refractivity contribution in [3.05, 3.63) is 59.9 Å². The van der Waals surface area contributed by atoms with Gasteiger partial charge in [0.1, 0.15) is 5.75 Å². The van der Waals surface area contributed by atoms with E-state index in [1.807, 2.05) is 42.6 Å². The minimum absolute atomic E-state index is 0.0856. The van der Waals surface area contributed by atoms with Gasteiger partial charge in [-0.15, -0.1) is 0 Å². The molecule has 0 spiro atoms. The van der Waals surface area contributed by atoms with Gasteiger partial charge in [-0.3, -0.25) is 9.78 Å². The average molecular weight is 395 g/mol. The number of amides is 1. The minimum Gasteiger partial charge on any atom is -0.496 e. The molecule has 2 aliphatic carbocycles. The molecular formula is C24H30N2O3. The summed E-state index contributed by atoms with van der Waals surface area (Å²) in [7, 11) is 1.62. The van der Waals surface area contributed by atoms with E-state index in [4.69, 9.17) is 4.74 Å². The molecule has 0 aliphatic heterocycles. The Hall–Kier alpha value is -2.40. The maximum Gasteiger partial charge on any atom is 0.258 e. The van der Waals surface area contributed by atoms with Gasteiger partial charge in [-0.1, -0.05) is 18.2 Å². The molecule has 0 saturated heterocycles. The summed E-state index contributed by atoms with van der Waals surface area (Å²) in [4.78, 5) is 20.2. The molecule has 4 rings (SSSR count). The van der Waals surface area contributed by atoms with Gasteiger partial charge in [-0.2, -0.15) is 0 Å². The Balaban J connectivity index is 1.54. The number of methoxy groups -OCH3 is 1. The van der Waals surface area contributed by atoms with E-state index in [2.05, 4.69) is 16.0 Å². The van der Waals surface area contributed by atoms with Gasteiger partial charge in [-0.05, 0) is 69.2 Å². The number of pyridine rings is 1. The molecule has 1 aromatic carbocycles. The summed E-state index contributed by atoms with van der Waals surface area (Å²) in [5, 5.41) is 9.71. The van der Waals surface area contributed by atoms with Gasteiger partial charge in [-0.25, -0.2) is 0 Å². The maximum absolute atomic E-state index is 13.5. The number of aromatic nitrogens is 1. The summed E-state index contributed by atoms with van der Waals surface area (Å²) in [5.41, 5.74) is 1.63. The number of nitrogens with zero attached hydrogens (tertiary/aromatic N) is 2. The summed E-state index contributed by atoms with van der Waals surface area (Å²) in [6.45, 7) is 0.160. The number of hydrogen-bond acceptors (Lipinski definition) is 4. The van der Waals surface area contributed by atoms with Crippen LogP contribution in [0.4, 0.5) is 0 Å². The Morgan fingerprint density at radius 3 is 2.41 bits per heavy atom. The Kier molecular flexibility index (Phi) is 5.86. The summed E-state index contributed by atoms with van der Waals surface area (Å²) in [5.74, 6) is 0.726. The zero-order valence-corrected chi connectivity index (χ0v) is 17.1. The molecule has 29 heavy (non-hydrogen) atoms. The van der Waals surface area contributed by atoms with E-state index in [1.165, 1.54) is 0 Å². The van der Waals surface area contributed by atoms with Crippen LogP contribution < -0.4 is 4.74 Å². The van der Waals surface area contributed by atoms with Crippen LogP contribution in [0.2, 0.25) is 0 Å². The summed E-state index contributed by atoms with van der Waals surface area (Å²) in [6.07, 6.45) is 8.49. The standard InChI is InChI=1S/C24H30N2O3/c1-29-21-7-3-2-6-20(21)23(28)26(18-9-10-18)19-11-13-24(14-12-19,15-17-27)22-8-4-5-16-25-22/h2-8,16,18-19,27H,9-15,17H2,1H3/t19-,24-. The SMILES string of the molecule is COc1ccccc1C(=O)N(C1CC1)[C@H]1CC[C@](CCO)(c2ccccn2)CC1. The number of carbonyl (C=O) groups is 1. The molecule has 2 fully saturated rings. The van der Waals surface area contributed by atoms with Gasteiger partial charge in [0.15, 0.2) is 0 Å². The van der Waals surface area contributed by atoms with Crippen molar-refractivity contribution in [3.63, 3.8) is 0 Å². The topological polar surface area (TPSA) is 62.7 Å². The van der Waals surface area contributed by atoms with Gasteiger partial charge >= 0.3 is 0 Å². The lowest BCUT2D eigenvalue weighted by molar-refractivity contribution is 0.0545. The van der Waals surface area contributed by atoms with Gasteiger partial charge in [0.2, 0.25) is 0 Å². The van der Waals surface area contributed by atoms with E-state index < -0.39 is 0 Å². The molecule has 5 nitrogen and oxygen atoms in total. The van der Waals surface area contributed by atoms with Gasteiger partial charge in [0.25, 0.3) is 5.91 Å². The monoisotopic (exact) mass is 394 g/mol. The van der Waals surface area contributed by atoms with Gasteiger partial charge in [0, 0.05) is 36.0 Å². The number of carbonyl (C=O) groups excluding carboxylic acids is 1. The number of benzene rings is 1. The van der Waals surface area contributed by atoms with E-state index in [0.29, 0.717) is 17.4 Å². The average Bonchev–Trinajstić information content (AvgIpc) is 3.61. The molecule has 0 radical (unpaired) electrons. The van der Waals surface area contributed by atoms with Crippen molar-refractivity contribution in [1.82, 2.24) is 9.88 Å². The summed E-state index contributed by atoms with van der Waals surface area (Å²) >= 11 is 0. The molecule has 5 heteroatoms. The largest absolute Gasteiger partial charge is 0.496 e. The lowest BCUT2D eigenvalue weighted by atomic mass is 9.68. The molecule has 154 valence electrons. The van der Waals surface area contributed by atoms with Crippen LogP contribution in [0, 0.1) is 0 Å². The summed E-state index contributed by atoms with van der Waals surface area (Å²) in [6, 6.07) is 14.1. The molecule has 0 bridgehead atoms. The van der Waals surface area contributed by atoms with Crippen LogP contribution in [0.15, 0.2) is 48.7 Å². The van der Waals surface area contributed by atoms with Crippen LogP contribution in [0.1, 0.15) is 61.0 Å². The molecule has 1 aromatic heterocycles. The number of aliphatic hydroxyl groups excluding tert-OH is 1. The Morgan fingerprint density at radius 1 is 1.10 bits per heavy atom. The van der Waals surface area contributed by atoms with Crippen molar-refractivity contribution in [2.45, 2.75) is 62.4 Å². The van der Waals surface area contributed by atoms with E-state index in [9.17, 15) is 9.90 Å². The third-order valence-electron chi connectivity index (χ3n) is 6.62. The van der Waals surface area contributed by atoms with Crippen molar-refractivity contribution in [3.8, 4) is 5.75 Å². The van der Waals surface area contributed by atoms with Crippen molar-refractivity contribution < 1.29 is 14.6 Å². The number of rotatable bonds is 7. The number of hydrogen-bond donors (Lipinski definition) is 1. The van der Waals surface area contributed by atoms with Crippen LogP contribution in [0.25, 0.3) is 0 Å². The van der Waals surface area contributed by atoms with Crippen molar-refractivity contribution in [2.75, 3.05) is 13.7 Å². The van der Waals surface area contributed by atoms with Gasteiger partial charge < -0.3 is 14.7 Å². The Morgan fingerprint density at radius 2 is 1.79 bits per heavy atom. The van der Waals surface area contributed by atoms with Crippen molar-refractivity contribution >= 4 is 5.91 Å². The molecule has 0 atom stereocenters. The molecular weight excluding hydrogens is 364 g/mol. The first-order valence-corrected chi connectivity index (χ1v) is 10.7. The van der Waals surface area contributed by atoms with E-state index in [1.54, 1.807) is 7.11 Å². The fraction of sp³-hybridized carbons (Fsp3) is 0.500. The number of aliphatic hydroxyl groups is 1. The van der Waals surface area contributed by atoms with Crippen LogP contribution in [-0.2, 0) is 5.41 Å². The molecule has 1 N–H and O–H groups in total. The first-order chi connectivity index (χ1) is 14.2. The quantitative estimate of drug-likeness (QED) is 0.772. The molecule has 2 aromatic rings. The molecule has 1 heterocycles. The Bertz CT molecular complexity index is 827. The zero-order chi connectivity index (χ0) is 20.3. The van der Waals surface area contributed by atoms with E-state index in [0.717, 1.165) is 50.6 Å². The lowest BCUT2D eigenvalue weighted by Crippen LogP contribution is -2.47. The van der Waals surface area contributed by atoms with Crippen molar-refractivity contribution in [2.24, 2.45) is 0 Å². The van der Waals surface area contributed by atoms with Crippen LogP contribution in [-0.4, -0.2) is 46.7 Å². The lowest BCUT2D eigenvalue weighted by Gasteiger charge is -2.43. The fourth-order valence-electron chi connectivity index (χ4n) is 4.90. The second-order valence-corrected chi connectivity index (χ2v) is 8.34. The molecule has 1 amide bonds. The first kappa shape index (κ1) is 19.9. The highest BCUT2D eigenvalue weighted by Gasteiger charge is 2.44. The van der Waals surface area contributed by atoms with Crippen LogP contribution >= 0.6 is 0 Å². The number of para-hydroxylation sites is 1. The maximum atomic E-state index is 13.5. The highest BCUT2D eigenvalue weighted by molar-refractivity contribution is 5.97. The smallest absolute Gasteiger partial charge is 0.258 e. The minimum atomic E-state index is -0.0881. The third kappa shape index (κ3) is 4.01. The van der Waals surface area contributed by atoms with Crippen LogP contribution in [0.3, 0.4) is 0 Å². The zero-order valence-electron chi connectivity index (χ0n) is 17.1. The second kappa shape index (κ2) is 8.54. The highest BCUT2D eigenvalue weighted by Crippen LogP contribution is 2.44. The molecule has 2 aliphatic rings. The highest BCUT2D eigenvalue weighted by atomic mass is 16.5. The fourth-order valence-corrected chi connectivity index (χ4v) is 4.90. The molecule has 2 saturated carbocycles. The Labute approximate surface area is 172 Å². The summed E-state index contributed by atoms with van der Waals surface area (Å²) < 4.78 is 5.44. The van der Waals surface area contributed by atoms with Gasteiger partial charge in [0.05, 0.1) is 12.7 Å². The van der Waals surface area contributed by atoms with E-state index >= 15 is 0 Å². The second-order valence-electron chi connectivity index (χ2n) is 8.34. The predicted molar refractivity (Wildman–Crippen MR) is 112 cm³/mol. The van der Waals surface area contributed by atoms with Crippen molar-refractivity contribution in [1.29, 1.82) is 0 Å². The van der Waals surface area contributed by atoms with E-state index in [-0.39, 0.29) is 24.0 Å².